The van der Waals surface area contributed by atoms with E-state index in [4.69, 9.17) is 5.73 Å². The van der Waals surface area contributed by atoms with Crippen LogP contribution in [-0.4, -0.2) is 54.3 Å². The summed E-state index contributed by atoms with van der Waals surface area (Å²) in [5.74, 6) is -0.370. The van der Waals surface area contributed by atoms with E-state index in [0.29, 0.717) is 26.2 Å². The maximum absolute atomic E-state index is 12.1. The number of amides is 2. The Morgan fingerprint density at radius 2 is 1.95 bits per heavy atom. The number of carbonyl (C=O) groups excluding carboxylic acids is 2. The molecule has 0 unspecified atom stereocenters. The molecule has 0 saturated carbocycles. The summed E-state index contributed by atoms with van der Waals surface area (Å²) < 4.78 is 0. The fourth-order valence-electron chi connectivity index (χ4n) is 2.31. The largest absolute Gasteiger partial charge is 0.369 e. The summed E-state index contributed by atoms with van der Waals surface area (Å²) >= 11 is 0. The highest BCUT2D eigenvalue weighted by atomic mass is 16.2. The van der Waals surface area contributed by atoms with Crippen molar-refractivity contribution in [2.24, 2.45) is 11.7 Å². The van der Waals surface area contributed by atoms with Gasteiger partial charge in [0.05, 0.1) is 12.5 Å². The van der Waals surface area contributed by atoms with Gasteiger partial charge in [-0.3, -0.25) is 14.5 Å². The first-order valence-corrected chi connectivity index (χ1v) is 6.59. The highest BCUT2D eigenvalue weighted by molar-refractivity contribution is 5.79. The molecular weight excluding hydrogens is 242 g/mol. The average molecular weight is 265 g/mol. The molecule has 2 N–H and O–H groups in total. The Balaban J connectivity index is 2.52. The molecule has 0 aromatic heterocycles. The van der Waals surface area contributed by atoms with Crippen LogP contribution in [0, 0.1) is 5.92 Å². The molecule has 1 fully saturated rings. The molecule has 0 radical (unpaired) electrons. The summed E-state index contributed by atoms with van der Waals surface area (Å²) in [4.78, 5) is 27.0. The van der Waals surface area contributed by atoms with Gasteiger partial charge in [0.2, 0.25) is 11.8 Å². The molecule has 1 rings (SSSR count). The summed E-state index contributed by atoms with van der Waals surface area (Å²) in [6.45, 7) is 10.1. The topological polar surface area (TPSA) is 66.6 Å². The number of piperidine rings is 1. The first-order chi connectivity index (χ1) is 9.08. The highest BCUT2D eigenvalue weighted by Gasteiger charge is 2.26. The second-order valence-corrected chi connectivity index (χ2v) is 4.85. The van der Waals surface area contributed by atoms with Gasteiger partial charge in [-0.2, -0.15) is 0 Å². The van der Waals surface area contributed by atoms with E-state index in [2.05, 4.69) is 13.2 Å². The Morgan fingerprint density at radius 1 is 1.32 bits per heavy atom. The molecule has 106 valence electrons. The summed E-state index contributed by atoms with van der Waals surface area (Å²) in [5.41, 5.74) is 5.33. The Hall–Kier alpha value is -1.62. The average Bonchev–Trinajstić information content (AvgIpc) is 2.38. The number of likely N-dealkylation sites (tertiary alicyclic amines) is 1. The molecule has 19 heavy (non-hydrogen) atoms. The van der Waals surface area contributed by atoms with Crippen molar-refractivity contribution in [3.05, 3.63) is 25.3 Å². The van der Waals surface area contributed by atoms with E-state index in [1.807, 2.05) is 4.90 Å². The number of hydrogen-bond donors (Lipinski definition) is 1. The number of primary amides is 1. The minimum atomic E-state index is -0.272. The van der Waals surface area contributed by atoms with Gasteiger partial charge >= 0.3 is 0 Å². The van der Waals surface area contributed by atoms with Crippen LogP contribution in [0.4, 0.5) is 0 Å². The highest BCUT2D eigenvalue weighted by Crippen LogP contribution is 2.15. The minimum Gasteiger partial charge on any atom is -0.369 e. The van der Waals surface area contributed by atoms with Crippen LogP contribution in [0.15, 0.2) is 25.3 Å². The zero-order chi connectivity index (χ0) is 14.3. The number of nitrogens with two attached hydrogens (primary N) is 1. The Kier molecular flexibility index (Phi) is 6.29. The number of rotatable bonds is 7. The third-order valence-corrected chi connectivity index (χ3v) is 3.32. The summed E-state index contributed by atoms with van der Waals surface area (Å²) in [5, 5.41) is 0. The lowest BCUT2D eigenvalue weighted by Crippen LogP contribution is -2.46. The molecule has 0 aromatic rings. The fourth-order valence-corrected chi connectivity index (χ4v) is 2.31. The Bertz CT molecular complexity index is 345. The van der Waals surface area contributed by atoms with Gasteiger partial charge in [0.1, 0.15) is 0 Å². The molecule has 5 nitrogen and oxygen atoms in total. The van der Waals surface area contributed by atoms with Crippen molar-refractivity contribution >= 4 is 11.8 Å². The van der Waals surface area contributed by atoms with Crippen LogP contribution in [-0.2, 0) is 9.59 Å². The standard InChI is InChI=1S/C14H23N3O2/c1-3-7-17(8-4-2)13(18)11-16-9-5-6-12(10-16)14(15)19/h3-4,12H,1-2,5-11H2,(H2,15,19)/t12-/m0/s1. The van der Waals surface area contributed by atoms with E-state index < -0.39 is 0 Å². The quantitative estimate of drug-likeness (QED) is 0.677. The molecule has 1 heterocycles. The predicted octanol–water partition coefficient (Wildman–Crippen LogP) is 0.384. The lowest BCUT2D eigenvalue weighted by Gasteiger charge is -2.32. The predicted molar refractivity (Wildman–Crippen MR) is 75.3 cm³/mol. The van der Waals surface area contributed by atoms with Gasteiger partial charge < -0.3 is 10.6 Å². The van der Waals surface area contributed by atoms with E-state index in [0.717, 1.165) is 19.4 Å². The van der Waals surface area contributed by atoms with E-state index in [-0.39, 0.29) is 17.7 Å². The Morgan fingerprint density at radius 3 is 2.47 bits per heavy atom. The summed E-state index contributed by atoms with van der Waals surface area (Å²) in [6.07, 6.45) is 5.13. The number of hydrogen-bond acceptors (Lipinski definition) is 3. The maximum Gasteiger partial charge on any atom is 0.237 e. The normalized spacial score (nSPS) is 19.7. The van der Waals surface area contributed by atoms with Crippen LogP contribution in [0.25, 0.3) is 0 Å². The first kappa shape index (κ1) is 15.4. The van der Waals surface area contributed by atoms with Gasteiger partial charge in [0.15, 0.2) is 0 Å². The van der Waals surface area contributed by atoms with Crippen LogP contribution in [0.1, 0.15) is 12.8 Å². The van der Waals surface area contributed by atoms with Crippen LogP contribution in [0.2, 0.25) is 0 Å². The van der Waals surface area contributed by atoms with Crippen molar-refractivity contribution in [1.82, 2.24) is 9.80 Å². The van der Waals surface area contributed by atoms with Crippen LogP contribution >= 0.6 is 0 Å². The van der Waals surface area contributed by atoms with Crippen LogP contribution < -0.4 is 5.73 Å². The maximum atomic E-state index is 12.1. The lowest BCUT2D eigenvalue weighted by atomic mass is 9.97. The smallest absolute Gasteiger partial charge is 0.237 e. The molecular formula is C14H23N3O2. The van der Waals surface area contributed by atoms with Crippen LogP contribution in [0.5, 0.6) is 0 Å². The van der Waals surface area contributed by atoms with E-state index in [1.54, 1.807) is 17.1 Å². The second-order valence-electron chi connectivity index (χ2n) is 4.85. The first-order valence-electron chi connectivity index (χ1n) is 6.59. The minimum absolute atomic E-state index is 0.0323. The molecule has 1 aliphatic rings. The van der Waals surface area contributed by atoms with Crippen molar-refractivity contribution in [3.8, 4) is 0 Å². The summed E-state index contributed by atoms with van der Waals surface area (Å²) in [6, 6.07) is 0. The SMILES string of the molecule is C=CCN(CC=C)C(=O)CN1CCC[C@H](C(N)=O)C1. The summed E-state index contributed by atoms with van der Waals surface area (Å²) in [7, 11) is 0. The molecule has 1 saturated heterocycles. The van der Waals surface area contributed by atoms with Gasteiger partial charge in [0.25, 0.3) is 0 Å². The molecule has 1 atom stereocenters. The molecule has 0 aromatic carbocycles. The third-order valence-electron chi connectivity index (χ3n) is 3.32. The van der Waals surface area contributed by atoms with Crippen molar-refractivity contribution in [2.75, 3.05) is 32.7 Å². The molecule has 0 aliphatic carbocycles. The van der Waals surface area contributed by atoms with Gasteiger partial charge in [0, 0.05) is 19.6 Å². The zero-order valence-corrected chi connectivity index (χ0v) is 11.4. The van der Waals surface area contributed by atoms with E-state index in [9.17, 15) is 9.59 Å². The van der Waals surface area contributed by atoms with Gasteiger partial charge in [-0.1, -0.05) is 12.2 Å². The third kappa shape index (κ3) is 4.87. The van der Waals surface area contributed by atoms with Crippen molar-refractivity contribution in [3.63, 3.8) is 0 Å². The lowest BCUT2D eigenvalue weighted by molar-refractivity contribution is -0.133. The second kappa shape index (κ2) is 7.74. The van der Waals surface area contributed by atoms with Crippen LogP contribution in [0.3, 0.4) is 0 Å². The van der Waals surface area contributed by atoms with E-state index in [1.165, 1.54) is 0 Å². The van der Waals surface area contributed by atoms with Gasteiger partial charge in [-0.05, 0) is 19.4 Å². The number of carbonyl (C=O) groups is 2. The molecule has 0 spiro atoms. The Labute approximate surface area is 114 Å². The molecule has 1 aliphatic heterocycles. The van der Waals surface area contributed by atoms with Crippen molar-refractivity contribution in [1.29, 1.82) is 0 Å². The molecule has 5 heteroatoms. The van der Waals surface area contributed by atoms with Gasteiger partial charge in [-0.25, -0.2) is 0 Å². The van der Waals surface area contributed by atoms with E-state index >= 15 is 0 Å². The molecule has 2 amide bonds. The monoisotopic (exact) mass is 265 g/mol. The molecule has 0 bridgehead atoms. The van der Waals surface area contributed by atoms with Gasteiger partial charge in [-0.15, -0.1) is 13.2 Å². The zero-order valence-electron chi connectivity index (χ0n) is 11.4. The van der Waals surface area contributed by atoms with Crippen molar-refractivity contribution in [2.45, 2.75) is 12.8 Å². The fraction of sp³-hybridized carbons (Fsp3) is 0.571. The number of nitrogens with zero attached hydrogens (tertiary/aromatic N) is 2. The van der Waals surface area contributed by atoms with Crippen molar-refractivity contribution < 1.29 is 9.59 Å².